The molecule has 1 unspecified atom stereocenters. The lowest BCUT2D eigenvalue weighted by Gasteiger charge is -2.14. The second-order valence-corrected chi connectivity index (χ2v) is 3.63. The second kappa shape index (κ2) is 5.52. The first-order valence-corrected chi connectivity index (χ1v) is 5.04. The van der Waals surface area contributed by atoms with Crippen LogP contribution in [0.3, 0.4) is 0 Å². The van der Waals surface area contributed by atoms with Crippen LogP contribution in [0.25, 0.3) is 0 Å². The Balaban J connectivity index is 3.93. The molecule has 0 aliphatic heterocycles. The Morgan fingerprint density at radius 3 is 2.46 bits per heavy atom. The first-order chi connectivity index (χ1) is 5.90. The lowest BCUT2D eigenvalue weighted by Crippen LogP contribution is -2.21. The van der Waals surface area contributed by atoms with E-state index in [4.69, 9.17) is 0 Å². The largest absolute Gasteiger partial charge is 0.469 e. The molecule has 0 aliphatic carbocycles. The molecule has 0 amide bonds. The highest BCUT2D eigenvalue weighted by Gasteiger charge is 2.26. The quantitative estimate of drug-likeness (QED) is 0.560. The minimum absolute atomic E-state index is 0.140. The van der Waals surface area contributed by atoms with Gasteiger partial charge in [0.05, 0.1) is 13.0 Å². The van der Waals surface area contributed by atoms with Gasteiger partial charge in [-0.2, -0.15) is 0 Å². The number of hydrogen-bond donors (Lipinski definition) is 0. The number of esters is 1. The number of ether oxygens (including phenoxy) is 1. The molecule has 0 saturated carbocycles. The van der Waals surface area contributed by atoms with Crippen LogP contribution in [0.2, 0.25) is 0 Å². The van der Waals surface area contributed by atoms with Gasteiger partial charge in [0.1, 0.15) is 0 Å². The minimum Gasteiger partial charge on any atom is -0.469 e. The van der Waals surface area contributed by atoms with Gasteiger partial charge in [0.2, 0.25) is 5.92 Å². The summed E-state index contributed by atoms with van der Waals surface area (Å²) in [7, 11) is 1.25. The Labute approximate surface area is 84.8 Å². The van der Waals surface area contributed by atoms with Crippen LogP contribution < -0.4 is 0 Å². The summed E-state index contributed by atoms with van der Waals surface area (Å²) in [6.07, 6.45) is -0.153. The fourth-order valence-electron chi connectivity index (χ4n) is 0.852. The smallest absolute Gasteiger partial charge is 0.309 e. The lowest BCUT2D eigenvalue weighted by atomic mass is 10.0. The third kappa shape index (κ3) is 5.96. The standard InChI is InChI=1S/C8H13BrF2O2/c1-8(10,11)4-3-6(5-9)7(12)13-2/h6H,3-5H2,1-2H3. The molecule has 5 heteroatoms. The van der Waals surface area contributed by atoms with Crippen LogP contribution in [-0.4, -0.2) is 24.3 Å². The number of carbonyl (C=O) groups excluding carboxylic acids is 1. The summed E-state index contributed by atoms with van der Waals surface area (Å²) in [6, 6.07) is 0. The molecular formula is C8H13BrF2O2. The zero-order valence-electron chi connectivity index (χ0n) is 7.65. The minimum atomic E-state index is -2.71. The van der Waals surface area contributed by atoms with Gasteiger partial charge in [-0.05, 0) is 13.3 Å². The van der Waals surface area contributed by atoms with Gasteiger partial charge in [-0.3, -0.25) is 4.79 Å². The monoisotopic (exact) mass is 258 g/mol. The maximum atomic E-state index is 12.4. The SMILES string of the molecule is COC(=O)C(CBr)CCC(C)(F)F. The topological polar surface area (TPSA) is 26.3 Å². The van der Waals surface area contributed by atoms with Gasteiger partial charge < -0.3 is 4.74 Å². The second-order valence-electron chi connectivity index (χ2n) is 2.98. The van der Waals surface area contributed by atoms with E-state index < -0.39 is 17.8 Å². The average molecular weight is 259 g/mol. The van der Waals surface area contributed by atoms with Gasteiger partial charge in [0, 0.05) is 11.8 Å². The molecule has 0 spiro atoms. The molecule has 13 heavy (non-hydrogen) atoms. The van der Waals surface area contributed by atoms with Crippen LogP contribution >= 0.6 is 15.9 Å². The third-order valence-corrected chi connectivity index (χ3v) is 2.43. The molecule has 0 radical (unpaired) electrons. The molecule has 0 bridgehead atoms. The summed E-state index contributed by atoms with van der Waals surface area (Å²) < 4.78 is 29.3. The van der Waals surface area contributed by atoms with Crippen molar-refractivity contribution in [3.8, 4) is 0 Å². The Kier molecular flexibility index (Phi) is 5.44. The zero-order chi connectivity index (χ0) is 10.5. The van der Waals surface area contributed by atoms with E-state index in [1.807, 2.05) is 0 Å². The van der Waals surface area contributed by atoms with Crippen LogP contribution in [0.1, 0.15) is 19.8 Å². The molecule has 0 fully saturated rings. The third-order valence-electron chi connectivity index (χ3n) is 1.65. The molecule has 2 nitrogen and oxygen atoms in total. The van der Waals surface area contributed by atoms with E-state index in [-0.39, 0.29) is 12.8 Å². The van der Waals surface area contributed by atoms with E-state index in [0.29, 0.717) is 5.33 Å². The van der Waals surface area contributed by atoms with E-state index in [1.54, 1.807) is 0 Å². The van der Waals surface area contributed by atoms with E-state index in [1.165, 1.54) is 7.11 Å². The van der Waals surface area contributed by atoms with Crippen LogP contribution in [0.5, 0.6) is 0 Å². The van der Waals surface area contributed by atoms with Crippen molar-refractivity contribution >= 4 is 21.9 Å². The van der Waals surface area contributed by atoms with Gasteiger partial charge in [0.25, 0.3) is 0 Å². The highest BCUT2D eigenvalue weighted by Crippen LogP contribution is 2.23. The fourth-order valence-corrected chi connectivity index (χ4v) is 1.44. The van der Waals surface area contributed by atoms with Crippen LogP contribution in [0, 0.1) is 5.92 Å². The normalized spacial score (nSPS) is 13.9. The van der Waals surface area contributed by atoms with Gasteiger partial charge in [0.15, 0.2) is 0 Å². The van der Waals surface area contributed by atoms with Crippen molar-refractivity contribution in [3.05, 3.63) is 0 Å². The summed E-state index contributed by atoms with van der Waals surface area (Å²) >= 11 is 3.08. The highest BCUT2D eigenvalue weighted by atomic mass is 79.9. The Bertz CT molecular complexity index is 168. The van der Waals surface area contributed by atoms with Crippen LogP contribution in [-0.2, 0) is 9.53 Å². The van der Waals surface area contributed by atoms with Crippen LogP contribution in [0.4, 0.5) is 8.78 Å². The number of carbonyl (C=O) groups is 1. The molecular weight excluding hydrogens is 246 g/mol. The van der Waals surface area contributed by atoms with Gasteiger partial charge in [-0.25, -0.2) is 8.78 Å². The van der Waals surface area contributed by atoms with E-state index >= 15 is 0 Å². The highest BCUT2D eigenvalue weighted by molar-refractivity contribution is 9.09. The molecule has 0 aromatic carbocycles. The van der Waals surface area contributed by atoms with E-state index in [0.717, 1.165) is 6.92 Å². The van der Waals surface area contributed by atoms with Gasteiger partial charge in [-0.15, -0.1) is 0 Å². The van der Waals surface area contributed by atoms with E-state index in [2.05, 4.69) is 20.7 Å². The van der Waals surface area contributed by atoms with Gasteiger partial charge in [-0.1, -0.05) is 15.9 Å². The molecule has 0 saturated heterocycles. The molecule has 0 aromatic rings. The number of methoxy groups -OCH3 is 1. The Hall–Kier alpha value is -0.190. The number of alkyl halides is 3. The summed E-state index contributed by atoms with van der Waals surface area (Å²) in [5.41, 5.74) is 0. The molecule has 0 rings (SSSR count). The van der Waals surface area contributed by atoms with Gasteiger partial charge >= 0.3 is 5.97 Å². The summed E-state index contributed by atoms with van der Waals surface area (Å²) in [5.74, 6) is -3.63. The van der Waals surface area contributed by atoms with Crippen molar-refractivity contribution in [2.24, 2.45) is 5.92 Å². The van der Waals surface area contributed by atoms with Crippen LogP contribution in [0.15, 0.2) is 0 Å². The molecule has 78 valence electrons. The predicted molar refractivity (Wildman–Crippen MR) is 49.2 cm³/mol. The van der Waals surface area contributed by atoms with Crippen molar-refractivity contribution in [3.63, 3.8) is 0 Å². The maximum absolute atomic E-state index is 12.4. The van der Waals surface area contributed by atoms with Crippen molar-refractivity contribution in [2.45, 2.75) is 25.7 Å². The number of rotatable bonds is 5. The lowest BCUT2D eigenvalue weighted by molar-refractivity contribution is -0.145. The number of hydrogen-bond acceptors (Lipinski definition) is 2. The molecule has 1 atom stereocenters. The average Bonchev–Trinajstić information content (AvgIpc) is 2.03. The van der Waals surface area contributed by atoms with Crippen molar-refractivity contribution in [2.75, 3.05) is 12.4 Å². The fraction of sp³-hybridized carbons (Fsp3) is 0.875. The maximum Gasteiger partial charge on any atom is 0.309 e. The predicted octanol–water partition coefficient (Wildman–Crippen LogP) is 2.61. The van der Waals surface area contributed by atoms with Crippen molar-refractivity contribution in [1.82, 2.24) is 0 Å². The Morgan fingerprint density at radius 2 is 2.15 bits per heavy atom. The first-order valence-electron chi connectivity index (χ1n) is 3.92. The zero-order valence-corrected chi connectivity index (χ0v) is 9.24. The van der Waals surface area contributed by atoms with Crippen molar-refractivity contribution in [1.29, 1.82) is 0 Å². The summed E-state index contributed by atoms with van der Waals surface area (Å²) in [4.78, 5) is 11.0. The molecule has 0 N–H and O–H groups in total. The summed E-state index contributed by atoms with van der Waals surface area (Å²) in [6.45, 7) is 0.843. The number of halogens is 3. The molecule has 0 heterocycles. The van der Waals surface area contributed by atoms with Crippen molar-refractivity contribution < 1.29 is 18.3 Å². The van der Waals surface area contributed by atoms with E-state index in [9.17, 15) is 13.6 Å². The Morgan fingerprint density at radius 1 is 1.62 bits per heavy atom. The summed E-state index contributed by atoms with van der Waals surface area (Å²) in [5, 5.41) is 0.357. The molecule has 0 aliphatic rings. The molecule has 0 aromatic heterocycles. The first kappa shape index (κ1) is 12.8.